The molecule has 0 bridgehead atoms. The fourth-order valence-electron chi connectivity index (χ4n) is 3.51. The molecule has 0 radical (unpaired) electrons. The van der Waals surface area contributed by atoms with Crippen LogP contribution in [0.15, 0.2) is 6.20 Å². The summed E-state index contributed by atoms with van der Waals surface area (Å²) in [6, 6.07) is 1.16. The van der Waals surface area contributed by atoms with Crippen molar-refractivity contribution in [3.8, 4) is 0 Å². The van der Waals surface area contributed by atoms with Gasteiger partial charge in [-0.15, -0.1) is 0 Å². The quantitative estimate of drug-likeness (QED) is 0.590. The van der Waals surface area contributed by atoms with Crippen LogP contribution in [0.25, 0.3) is 0 Å². The number of hydrogen-bond acceptors (Lipinski definition) is 8. The van der Waals surface area contributed by atoms with E-state index < -0.39 is 4.92 Å². The number of aromatic nitrogens is 2. The zero-order valence-electron chi connectivity index (χ0n) is 14.2. The van der Waals surface area contributed by atoms with E-state index in [1.165, 1.54) is 6.20 Å². The van der Waals surface area contributed by atoms with Crippen molar-refractivity contribution in [2.75, 3.05) is 36.9 Å². The van der Waals surface area contributed by atoms with Crippen LogP contribution in [0, 0.1) is 10.1 Å². The smallest absolute Gasteiger partial charge is 0.329 e. The number of hydrogen-bond donors (Lipinski definition) is 2. The monoisotopic (exact) mass is 348 g/mol. The summed E-state index contributed by atoms with van der Waals surface area (Å²) in [5.41, 5.74) is -0.0616. The summed E-state index contributed by atoms with van der Waals surface area (Å²) in [7, 11) is 0. The van der Waals surface area contributed by atoms with Crippen LogP contribution in [0.1, 0.15) is 32.1 Å². The third-order valence-corrected chi connectivity index (χ3v) is 5.17. The Morgan fingerprint density at radius 1 is 1.16 bits per heavy atom. The molecule has 25 heavy (non-hydrogen) atoms. The Morgan fingerprint density at radius 3 is 2.56 bits per heavy atom. The molecule has 3 heterocycles. The zero-order chi connectivity index (χ0) is 17.2. The highest BCUT2D eigenvalue weighted by Gasteiger charge is 2.29. The average Bonchev–Trinajstić information content (AvgIpc) is 3.25. The average molecular weight is 348 g/mol. The first kappa shape index (κ1) is 16.5. The van der Waals surface area contributed by atoms with Gasteiger partial charge >= 0.3 is 5.69 Å². The van der Waals surface area contributed by atoms with Crippen molar-refractivity contribution in [2.45, 2.75) is 50.2 Å². The molecule has 1 unspecified atom stereocenters. The third kappa shape index (κ3) is 3.98. The lowest BCUT2D eigenvalue weighted by atomic mass is 10.0. The second-order valence-electron chi connectivity index (χ2n) is 7.08. The summed E-state index contributed by atoms with van der Waals surface area (Å²) in [5.74, 6) is 0.793. The Bertz CT molecular complexity index is 624. The lowest BCUT2D eigenvalue weighted by Crippen LogP contribution is -2.45. The summed E-state index contributed by atoms with van der Waals surface area (Å²) in [6.45, 7) is 3.79. The topological polar surface area (TPSA) is 105 Å². The lowest BCUT2D eigenvalue weighted by Gasteiger charge is -2.35. The Labute approximate surface area is 146 Å². The van der Waals surface area contributed by atoms with E-state index in [1.807, 2.05) is 0 Å². The zero-order valence-corrected chi connectivity index (χ0v) is 14.2. The van der Waals surface area contributed by atoms with E-state index in [4.69, 9.17) is 4.74 Å². The molecule has 2 aliphatic heterocycles. The summed E-state index contributed by atoms with van der Waals surface area (Å²) in [4.78, 5) is 21.7. The van der Waals surface area contributed by atoms with Crippen molar-refractivity contribution < 1.29 is 9.66 Å². The summed E-state index contributed by atoms with van der Waals surface area (Å²) >= 11 is 0. The van der Waals surface area contributed by atoms with E-state index in [2.05, 4.69) is 25.5 Å². The van der Waals surface area contributed by atoms with Gasteiger partial charge in [-0.2, -0.15) is 4.98 Å². The molecule has 1 saturated carbocycles. The molecule has 1 atom stereocenters. The van der Waals surface area contributed by atoms with Crippen LogP contribution in [0.5, 0.6) is 0 Å². The van der Waals surface area contributed by atoms with Gasteiger partial charge in [0.15, 0.2) is 0 Å². The maximum atomic E-state index is 11.1. The number of anilines is 2. The minimum absolute atomic E-state index is 0.0616. The van der Waals surface area contributed by atoms with E-state index in [-0.39, 0.29) is 5.69 Å². The molecular formula is C16H24N6O3. The Kier molecular flexibility index (Phi) is 4.67. The van der Waals surface area contributed by atoms with E-state index in [0.29, 0.717) is 29.9 Å². The number of nitrogens with one attached hydrogen (secondary N) is 2. The van der Waals surface area contributed by atoms with Gasteiger partial charge < -0.3 is 15.4 Å². The molecule has 1 aromatic rings. The Morgan fingerprint density at radius 2 is 1.92 bits per heavy atom. The van der Waals surface area contributed by atoms with Gasteiger partial charge in [0.25, 0.3) is 0 Å². The molecule has 1 aliphatic carbocycles. The van der Waals surface area contributed by atoms with Crippen LogP contribution in [-0.4, -0.2) is 64.2 Å². The van der Waals surface area contributed by atoms with Gasteiger partial charge in [-0.25, -0.2) is 4.98 Å². The highest BCUT2D eigenvalue weighted by atomic mass is 16.6. The molecule has 2 N–H and O–H groups in total. The number of ether oxygens (including phenoxy) is 1. The van der Waals surface area contributed by atoms with Crippen molar-refractivity contribution in [1.29, 1.82) is 0 Å². The molecule has 0 spiro atoms. The molecule has 9 heteroatoms. The Hall–Kier alpha value is -2.00. The SMILES string of the molecule is O=[N+]([O-])c1cnc(NC2CCN(C3CCOC3)CC2)nc1NC1CC1. The molecular weight excluding hydrogens is 324 g/mol. The van der Waals surface area contributed by atoms with Crippen molar-refractivity contribution >= 4 is 17.5 Å². The van der Waals surface area contributed by atoms with Crippen LogP contribution >= 0.6 is 0 Å². The van der Waals surface area contributed by atoms with Crippen LogP contribution in [0.3, 0.4) is 0 Å². The first-order chi connectivity index (χ1) is 12.2. The van der Waals surface area contributed by atoms with Crippen LogP contribution in [0.2, 0.25) is 0 Å². The molecule has 4 rings (SSSR count). The molecule has 9 nitrogen and oxygen atoms in total. The molecule has 1 aromatic heterocycles. The summed E-state index contributed by atoms with van der Waals surface area (Å²) < 4.78 is 5.47. The van der Waals surface area contributed by atoms with Gasteiger partial charge in [-0.1, -0.05) is 0 Å². The lowest BCUT2D eigenvalue weighted by molar-refractivity contribution is -0.384. The number of rotatable bonds is 6. The second kappa shape index (κ2) is 7.09. The van der Waals surface area contributed by atoms with Crippen molar-refractivity contribution in [1.82, 2.24) is 14.9 Å². The van der Waals surface area contributed by atoms with E-state index in [9.17, 15) is 10.1 Å². The number of piperidine rings is 1. The van der Waals surface area contributed by atoms with Gasteiger partial charge in [-0.05, 0) is 32.1 Å². The van der Waals surface area contributed by atoms with Crippen molar-refractivity contribution in [3.05, 3.63) is 16.3 Å². The van der Waals surface area contributed by atoms with E-state index >= 15 is 0 Å². The van der Waals surface area contributed by atoms with Crippen LogP contribution < -0.4 is 10.6 Å². The minimum atomic E-state index is -0.434. The van der Waals surface area contributed by atoms with E-state index in [0.717, 1.165) is 58.4 Å². The molecule has 0 amide bonds. The predicted octanol–water partition coefficient (Wildman–Crippen LogP) is 1.62. The van der Waals surface area contributed by atoms with Crippen molar-refractivity contribution in [2.24, 2.45) is 0 Å². The van der Waals surface area contributed by atoms with Gasteiger partial charge in [0, 0.05) is 37.8 Å². The fraction of sp³-hybridized carbons (Fsp3) is 0.750. The number of likely N-dealkylation sites (tertiary alicyclic amines) is 1. The summed E-state index contributed by atoms with van der Waals surface area (Å²) in [5, 5.41) is 17.6. The van der Waals surface area contributed by atoms with Crippen LogP contribution in [-0.2, 0) is 4.74 Å². The first-order valence-corrected chi connectivity index (χ1v) is 9.05. The second-order valence-corrected chi connectivity index (χ2v) is 7.08. The maximum Gasteiger partial charge on any atom is 0.329 e. The molecule has 2 saturated heterocycles. The van der Waals surface area contributed by atoms with Gasteiger partial charge in [0.1, 0.15) is 6.20 Å². The molecule has 136 valence electrons. The van der Waals surface area contributed by atoms with Gasteiger partial charge in [-0.3, -0.25) is 15.0 Å². The van der Waals surface area contributed by atoms with Gasteiger partial charge in [0.05, 0.1) is 11.5 Å². The summed E-state index contributed by atoms with van der Waals surface area (Å²) in [6.07, 6.45) is 6.52. The number of nitro groups is 1. The molecule has 3 fully saturated rings. The van der Waals surface area contributed by atoms with E-state index in [1.54, 1.807) is 0 Å². The largest absolute Gasteiger partial charge is 0.380 e. The highest BCUT2D eigenvalue weighted by molar-refractivity contribution is 5.58. The first-order valence-electron chi connectivity index (χ1n) is 9.05. The predicted molar refractivity (Wildman–Crippen MR) is 92.8 cm³/mol. The Balaban J connectivity index is 1.36. The van der Waals surface area contributed by atoms with Crippen LogP contribution in [0.4, 0.5) is 17.5 Å². The standard InChI is InChI=1S/C16H24N6O3/c23-22(24)14-9-17-16(20-15(14)18-11-1-2-11)19-12-3-6-21(7-4-12)13-5-8-25-10-13/h9,11-13H,1-8,10H2,(H2,17,18,19,20). The molecule has 3 aliphatic rings. The fourth-order valence-corrected chi connectivity index (χ4v) is 3.51. The maximum absolute atomic E-state index is 11.1. The third-order valence-electron chi connectivity index (χ3n) is 5.17. The minimum Gasteiger partial charge on any atom is -0.380 e. The van der Waals surface area contributed by atoms with Crippen molar-refractivity contribution in [3.63, 3.8) is 0 Å². The highest BCUT2D eigenvalue weighted by Crippen LogP contribution is 2.30. The number of nitrogens with zero attached hydrogens (tertiary/aromatic N) is 4. The van der Waals surface area contributed by atoms with Gasteiger partial charge in [0.2, 0.25) is 11.8 Å². The molecule has 0 aromatic carbocycles. The normalized spacial score (nSPS) is 25.0.